The molecule has 0 aliphatic rings. The molecule has 0 bridgehead atoms. The number of hydrogen-bond donors (Lipinski definition) is 2. The number of nitrogens with two attached hydrogens (primary N) is 1. The van der Waals surface area contributed by atoms with Gasteiger partial charge >= 0.3 is 0 Å². The number of benzene rings is 1. The summed E-state index contributed by atoms with van der Waals surface area (Å²) in [5.74, 6) is 5.62. The van der Waals surface area contributed by atoms with Crippen LogP contribution in [0.3, 0.4) is 0 Å². The summed E-state index contributed by atoms with van der Waals surface area (Å²) in [5, 5.41) is 2.88. The van der Waals surface area contributed by atoms with Crippen LogP contribution in [-0.4, -0.2) is 17.4 Å². The molecular weight excluding hydrogens is 262 g/mol. The zero-order valence-corrected chi connectivity index (χ0v) is 12.1. The molecular formula is C17H17N3O. The first-order valence-corrected chi connectivity index (χ1v) is 6.63. The molecule has 0 radical (unpaired) electrons. The van der Waals surface area contributed by atoms with Crippen LogP contribution in [0.4, 0.5) is 5.69 Å². The molecule has 4 nitrogen and oxygen atoms in total. The molecule has 0 saturated carbocycles. The highest BCUT2D eigenvalue weighted by Crippen LogP contribution is 2.15. The van der Waals surface area contributed by atoms with E-state index < -0.39 is 0 Å². The first-order chi connectivity index (χ1) is 10.1. The van der Waals surface area contributed by atoms with E-state index in [-0.39, 0.29) is 5.91 Å². The highest BCUT2D eigenvalue weighted by molar-refractivity contribution is 6.04. The number of hydrogen-bond acceptors (Lipinski definition) is 3. The number of pyridine rings is 1. The minimum absolute atomic E-state index is 0.167. The summed E-state index contributed by atoms with van der Waals surface area (Å²) >= 11 is 0. The van der Waals surface area contributed by atoms with Crippen molar-refractivity contribution in [2.45, 2.75) is 13.8 Å². The van der Waals surface area contributed by atoms with Gasteiger partial charge in [0.05, 0.1) is 6.54 Å². The maximum Gasteiger partial charge on any atom is 0.255 e. The summed E-state index contributed by atoms with van der Waals surface area (Å²) in [6.45, 7) is 4.15. The first kappa shape index (κ1) is 14.8. The number of nitrogens with one attached hydrogen (secondary N) is 1. The standard InChI is InChI=1S/C17H17N3O/c1-12-5-6-15(10-14(12)4-3-8-18)17(21)20-16-7-9-19-11-13(16)2/h5-7,9-11H,8,18H2,1-2H3,(H,19,20,21). The van der Waals surface area contributed by atoms with Crippen molar-refractivity contribution in [2.75, 3.05) is 11.9 Å². The van der Waals surface area contributed by atoms with Crippen molar-refractivity contribution in [1.82, 2.24) is 4.98 Å². The maximum atomic E-state index is 12.3. The Balaban J connectivity index is 2.26. The zero-order chi connectivity index (χ0) is 15.2. The van der Waals surface area contributed by atoms with Gasteiger partial charge in [-0.2, -0.15) is 0 Å². The topological polar surface area (TPSA) is 68.0 Å². The lowest BCUT2D eigenvalue weighted by Crippen LogP contribution is -2.13. The van der Waals surface area contributed by atoms with Crippen molar-refractivity contribution in [3.05, 3.63) is 58.9 Å². The Morgan fingerprint density at radius 3 is 2.81 bits per heavy atom. The lowest BCUT2D eigenvalue weighted by molar-refractivity contribution is 0.102. The second kappa shape index (κ2) is 6.69. The molecule has 0 fully saturated rings. The molecule has 1 amide bonds. The summed E-state index contributed by atoms with van der Waals surface area (Å²) in [6, 6.07) is 7.23. The lowest BCUT2D eigenvalue weighted by Gasteiger charge is -2.08. The van der Waals surface area contributed by atoms with Crippen LogP contribution in [0.2, 0.25) is 0 Å². The molecule has 0 unspecified atom stereocenters. The third-order valence-corrected chi connectivity index (χ3v) is 3.09. The molecule has 2 rings (SSSR count). The van der Waals surface area contributed by atoms with Crippen LogP contribution in [0.25, 0.3) is 0 Å². The van der Waals surface area contributed by atoms with E-state index in [1.807, 2.05) is 19.9 Å². The van der Waals surface area contributed by atoms with Gasteiger partial charge in [0, 0.05) is 29.2 Å². The van der Waals surface area contributed by atoms with E-state index in [9.17, 15) is 4.79 Å². The normalized spacial score (nSPS) is 9.67. The fourth-order valence-electron chi connectivity index (χ4n) is 1.85. The van der Waals surface area contributed by atoms with Crippen molar-refractivity contribution >= 4 is 11.6 Å². The van der Waals surface area contributed by atoms with Crippen molar-refractivity contribution in [3.63, 3.8) is 0 Å². The van der Waals surface area contributed by atoms with Gasteiger partial charge in [-0.1, -0.05) is 17.9 Å². The number of amides is 1. The van der Waals surface area contributed by atoms with E-state index in [1.54, 1.807) is 30.6 Å². The zero-order valence-electron chi connectivity index (χ0n) is 12.1. The first-order valence-electron chi connectivity index (χ1n) is 6.63. The summed E-state index contributed by atoms with van der Waals surface area (Å²) in [5.41, 5.74) is 9.46. The molecule has 0 aliphatic heterocycles. The molecule has 1 aromatic heterocycles. The van der Waals surface area contributed by atoms with Crippen LogP contribution >= 0.6 is 0 Å². The second-order valence-corrected chi connectivity index (χ2v) is 4.68. The molecule has 0 spiro atoms. The molecule has 2 aromatic rings. The Morgan fingerprint density at radius 1 is 1.29 bits per heavy atom. The quantitative estimate of drug-likeness (QED) is 0.829. The van der Waals surface area contributed by atoms with Gasteiger partial charge in [0.2, 0.25) is 0 Å². The summed E-state index contributed by atoms with van der Waals surface area (Å²) in [4.78, 5) is 16.3. The molecule has 0 aliphatic carbocycles. The molecule has 1 aromatic carbocycles. The number of carbonyl (C=O) groups is 1. The predicted molar refractivity (Wildman–Crippen MR) is 84.0 cm³/mol. The Hall–Kier alpha value is -2.64. The highest BCUT2D eigenvalue weighted by atomic mass is 16.1. The molecule has 0 saturated heterocycles. The number of aromatic nitrogens is 1. The minimum atomic E-state index is -0.167. The summed E-state index contributed by atoms with van der Waals surface area (Å²) < 4.78 is 0. The number of nitrogens with zero attached hydrogens (tertiary/aromatic N) is 1. The van der Waals surface area contributed by atoms with Crippen molar-refractivity contribution < 1.29 is 4.79 Å². The number of rotatable bonds is 2. The van der Waals surface area contributed by atoms with Crippen LogP contribution in [-0.2, 0) is 0 Å². The van der Waals surface area contributed by atoms with Crippen molar-refractivity contribution in [2.24, 2.45) is 5.73 Å². The summed E-state index contributed by atoms with van der Waals surface area (Å²) in [6.07, 6.45) is 3.36. The van der Waals surface area contributed by atoms with Gasteiger partial charge < -0.3 is 11.1 Å². The molecule has 4 heteroatoms. The van der Waals surface area contributed by atoms with Crippen LogP contribution in [0, 0.1) is 25.7 Å². The highest BCUT2D eigenvalue weighted by Gasteiger charge is 2.09. The third-order valence-electron chi connectivity index (χ3n) is 3.09. The van der Waals surface area contributed by atoms with E-state index in [2.05, 4.69) is 22.1 Å². The van der Waals surface area contributed by atoms with Crippen LogP contribution in [0.1, 0.15) is 27.0 Å². The summed E-state index contributed by atoms with van der Waals surface area (Å²) in [7, 11) is 0. The number of aryl methyl sites for hydroxylation is 2. The Bertz CT molecular complexity index is 726. The van der Waals surface area contributed by atoms with Gasteiger partial charge in [-0.05, 0) is 43.2 Å². The smallest absolute Gasteiger partial charge is 0.255 e. The molecule has 1 heterocycles. The molecule has 3 N–H and O–H groups in total. The minimum Gasteiger partial charge on any atom is -0.322 e. The molecule has 106 valence electrons. The lowest BCUT2D eigenvalue weighted by atomic mass is 10.0. The monoisotopic (exact) mass is 279 g/mol. The van der Waals surface area contributed by atoms with E-state index in [0.717, 1.165) is 22.4 Å². The van der Waals surface area contributed by atoms with Crippen LogP contribution in [0.15, 0.2) is 36.7 Å². The fourth-order valence-corrected chi connectivity index (χ4v) is 1.85. The van der Waals surface area contributed by atoms with Crippen molar-refractivity contribution in [3.8, 4) is 11.8 Å². The van der Waals surface area contributed by atoms with Crippen LogP contribution in [0.5, 0.6) is 0 Å². The van der Waals surface area contributed by atoms with E-state index >= 15 is 0 Å². The molecule has 0 atom stereocenters. The largest absolute Gasteiger partial charge is 0.322 e. The Labute approximate surface area is 124 Å². The Kier molecular flexibility index (Phi) is 4.70. The third kappa shape index (κ3) is 3.68. The average molecular weight is 279 g/mol. The van der Waals surface area contributed by atoms with Gasteiger partial charge in [0.15, 0.2) is 0 Å². The molecule has 21 heavy (non-hydrogen) atoms. The second-order valence-electron chi connectivity index (χ2n) is 4.68. The van der Waals surface area contributed by atoms with E-state index in [1.165, 1.54) is 0 Å². The SMILES string of the molecule is Cc1ccc(C(=O)Nc2ccncc2C)cc1C#CCN. The van der Waals surface area contributed by atoms with Crippen LogP contribution < -0.4 is 11.1 Å². The van der Waals surface area contributed by atoms with Gasteiger partial charge in [-0.3, -0.25) is 9.78 Å². The van der Waals surface area contributed by atoms with Crippen molar-refractivity contribution in [1.29, 1.82) is 0 Å². The fraction of sp³-hybridized carbons (Fsp3) is 0.176. The number of carbonyl (C=O) groups excluding carboxylic acids is 1. The van der Waals surface area contributed by atoms with E-state index in [4.69, 9.17) is 5.73 Å². The van der Waals surface area contributed by atoms with Gasteiger partial charge in [-0.15, -0.1) is 0 Å². The predicted octanol–water partition coefficient (Wildman–Crippen LogP) is 2.26. The van der Waals surface area contributed by atoms with E-state index in [0.29, 0.717) is 12.1 Å². The average Bonchev–Trinajstić information content (AvgIpc) is 2.48. The number of anilines is 1. The maximum absolute atomic E-state index is 12.3. The van der Waals surface area contributed by atoms with Gasteiger partial charge in [0.25, 0.3) is 5.91 Å². The van der Waals surface area contributed by atoms with Gasteiger partial charge in [-0.25, -0.2) is 0 Å². The Morgan fingerprint density at radius 2 is 2.10 bits per heavy atom. The van der Waals surface area contributed by atoms with Gasteiger partial charge in [0.1, 0.15) is 0 Å².